The average molecular weight is 150 g/mol. The third kappa shape index (κ3) is 1.74. The van der Waals surface area contributed by atoms with E-state index in [4.69, 9.17) is 9.29 Å². The van der Waals surface area contributed by atoms with E-state index in [2.05, 4.69) is 0 Å². The Kier molecular flexibility index (Phi) is 1.88. The van der Waals surface area contributed by atoms with E-state index in [1.807, 2.05) is 6.92 Å². The molecule has 0 radical (unpaired) electrons. The van der Waals surface area contributed by atoms with Crippen LogP contribution in [0.5, 0.6) is 0 Å². The maximum Gasteiger partial charge on any atom is 0.153 e. The molecule has 1 aliphatic rings. The lowest BCUT2D eigenvalue weighted by Crippen LogP contribution is -2.43. The maximum atomic E-state index is 10.3. The third-order valence-corrected chi connectivity index (χ3v) is 2.32. The van der Waals surface area contributed by atoms with E-state index in [0.717, 1.165) is 0 Å². The molecule has 1 fully saturated rings. The molecule has 0 amide bonds. The fourth-order valence-electron chi connectivity index (χ4n) is 0.832. The fraction of sp³-hybridized carbons (Fsp3) is 1.00. The Morgan fingerprint density at radius 3 is 2.44 bits per heavy atom. The summed E-state index contributed by atoms with van der Waals surface area (Å²) in [5.41, 5.74) is -0.0282. The van der Waals surface area contributed by atoms with Crippen LogP contribution in [0.3, 0.4) is 0 Å². The van der Waals surface area contributed by atoms with Gasteiger partial charge in [0.2, 0.25) is 0 Å². The van der Waals surface area contributed by atoms with Crippen LogP contribution >= 0.6 is 0 Å². The van der Waals surface area contributed by atoms with Crippen molar-refractivity contribution < 1.29 is 13.5 Å². The lowest BCUT2D eigenvalue weighted by atomic mass is 9.92. The minimum absolute atomic E-state index is 0.0282. The van der Waals surface area contributed by atoms with Gasteiger partial charge in [-0.25, -0.2) is 4.21 Å². The summed E-state index contributed by atoms with van der Waals surface area (Å²) in [7, 11) is 0. The molecule has 1 aliphatic heterocycles. The van der Waals surface area contributed by atoms with Crippen molar-refractivity contribution in [2.45, 2.75) is 6.92 Å². The highest BCUT2D eigenvalue weighted by atomic mass is 32.2. The topological polar surface area (TPSA) is 46.5 Å². The second-order valence-corrected chi connectivity index (χ2v) is 3.70. The molecule has 9 heavy (non-hydrogen) atoms. The molecule has 0 saturated carbocycles. The highest BCUT2D eigenvalue weighted by molar-refractivity contribution is 7.79. The van der Waals surface area contributed by atoms with Gasteiger partial charge in [-0.1, -0.05) is 6.92 Å². The van der Waals surface area contributed by atoms with Gasteiger partial charge in [-0.15, -0.1) is 0 Å². The van der Waals surface area contributed by atoms with Gasteiger partial charge in [0.15, 0.2) is 11.1 Å². The summed E-state index contributed by atoms with van der Waals surface area (Å²) in [5.74, 6) is 0.340. The van der Waals surface area contributed by atoms with Gasteiger partial charge >= 0.3 is 0 Å². The molecular weight excluding hydrogens is 140 g/mol. The smallest absolute Gasteiger partial charge is 0.153 e. The largest absolute Gasteiger partial charge is 0.380 e. The standard InChI is InChI=1S/C5H10O3S/c1-5(2-8-3-5)4-9(6)7/h2-4H2,1H3,(H,6,7). The van der Waals surface area contributed by atoms with E-state index in [1.165, 1.54) is 0 Å². The molecule has 1 heterocycles. The first kappa shape index (κ1) is 7.18. The van der Waals surface area contributed by atoms with Gasteiger partial charge in [-0.2, -0.15) is 0 Å². The van der Waals surface area contributed by atoms with E-state index < -0.39 is 11.1 Å². The Hall–Kier alpha value is 0.0700. The molecule has 0 spiro atoms. The van der Waals surface area contributed by atoms with Crippen LogP contribution in [0.25, 0.3) is 0 Å². The van der Waals surface area contributed by atoms with Crippen LogP contribution in [0.1, 0.15) is 6.92 Å². The van der Waals surface area contributed by atoms with Gasteiger partial charge in [-0.05, 0) is 0 Å². The lowest BCUT2D eigenvalue weighted by Gasteiger charge is -2.36. The van der Waals surface area contributed by atoms with Crippen molar-refractivity contribution in [1.82, 2.24) is 0 Å². The van der Waals surface area contributed by atoms with Gasteiger partial charge in [-0.3, -0.25) is 0 Å². The van der Waals surface area contributed by atoms with Gasteiger partial charge in [0.05, 0.1) is 19.0 Å². The molecular formula is C5H10O3S. The Labute approximate surface area is 56.7 Å². The van der Waals surface area contributed by atoms with Crippen LogP contribution in [-0.4, -0.2) is 27.7 Å². The average Bonchev–Trinajstić information content (AvgIpc) is 1.60. The predicted octanol–water partition coefficient (Wildman–Crippen LogP) is 0.245. The van der Waals surface area contributed by atoms with Crippen molar-refractivity contribution in [3.8, 4) is 0 Å². The van der Waals surface area contributed by atoms with E-state index in [-0.39, 0.29) is 5.41 Å². The highest BCUT2D eigenvalue weighted by Gasteiger charge is 2.34. The van der Waals surface area contributed by atoms with E-state index in [0.29, 0.717) is 19.0 Å². The van der Waals surface area contributed by atoms with Gasteiger partial charge < -0.3 is 9.29 Å². The van der Waals surface area contributed by atoms with Crippen LogP contribution in [0.15, 0.2) is 0 Å². The molecule has 0 aromatic carbocycles. The highest BCUT2D eigenvalue weighted by Crippen LogP contribution is 2.26. The molecule has 1 rings (SSSR count). The second kappa shape index (κ2) is 2.36. The zero-order valence-corrected chi connectivity index (χ0v) is 6.11. The van der Waals surface area contributed by atoms with E-state index in [1.54, 1.807) is 0 Å². The van der Waals surface area contributed by atoms with Crippen molar-refractivity contribution in [3.05, 3.63) is 0 Å². The fourth-order valence-corrected chi connectivity index (χ4v) is 1.59. The second-order valence-electron chi connectivity index (χ2n) is 2.77. The Morgan fingerprint density at radius 2 is 2.33 bits per heavy atom. The third-order valence-electron chi connectivity index (χ3n) is 1.37. The predicted molar refractivity (Wildman–Crippen MR) is 34.6 cm³/mol. The number of hydrogen-bond donors (Lipinski definition) is 1. The molecule has 0 aromatic heterocycles. The summed E-state index contributed by atoms with van der Waals surface area (Å²) in [6, 6.07) is 0. The molecule has 3 nitrogen and oxygen atoms in total. The zero-order chi connectivity index (χ0) is 6.91. The molecule has 1 saturated heterocycles. The Morgan fingerprint density at radius 1 is 1.78 bits per heavy atom. The van der Waals surface area contributed by atoms with E-state index in [9.17, 15) is 4.21 Å². The summed E-state index contributed by atoms with van der Waals surface area (Å²) < 4.78 is 23.6. The maximum absolute atomic E-state index is 10.3. The van der Waals surface area contributed by atoms with Crippen molar-refractivity contribution in [2.24, 2.45) is 5.41 Å². The van der Waals surface area contributed by atoms with Crippen LogP contribution in [-0.2, 0) is 15.8 Å². The summed E-state index contributed by atoms with van der Waals surface area (Å²) in [5, 5.41) is 0. The van der Waals surface area contributed by atoms with Gasteiger partial charge in [0, 0.05) is 5.41 Å². The molecule has 1 unspecified atom stereocenters. The van der Waals surface area contributed by atoms with Crippen molar-refractivity contribution >= 4 is 11.1 Å². The molecule has 1 N–H and O–H groups in total. The Balaban J connectivity index is 2.33. The SMILES string of the molecule is CC1(CS(=O)O)COC1. The van der Waals surface area contributed by atoms with Crippen LogP contribution in [0.4, 0.5) is 0 Å². The van der Waals surface area contributed by atoms with Crippen molar-refractivity contribution in [3.63, 3.8) is 0 Å². The summed E-state index contributed by atoms with van der Waals surface area (Å²) in [6.45, 7) is 3.20. The molecule has 0 aliphatic carbocycles. The minimum atomic E-state index is -1.66. The van der Waals surface area contributed by atoms with E-state index >= 15 is 0 Å². The number of hydrogen-bond acceptors (Lipinski definition) is 2. The summed E-state index contributed by atoms with van der Waals surface area (Å²) >= 11 is -1.66. The van der Waals surface area contributed by atoms with Crippen LogP contribution < -0.4 is 0 Å². The summed E-state index contributed by atoms with van der Waals surface area (Å²) in [6.07, 6.45) is 0. The molecule has 0 bridgehead atoms. The lowest BCUT2D eigenvalue weighted by molar-refractivity contribution is -0.0870. The Bertz CT molecular complexity index is 130. The molecule has 54 valence electrons. The molecule has 0 aromatic rings. The first-order valence-electron chi connectivity index (χ1n) is 2.78. The normalized spacial score (nSPS) is 26.9. The summed E-state index contributed by atoms with van der Waals surface area (Å²) in [4.78, 5) is 0. The van der Waals surface area contributed by atoms with Crippen molar-refractivity contribution in [2.75, 3.05) is 19.0 Å². The minimum Gasteiger partial charge on any atom is -0.380 e. The van der Waals surface area contributed by atoms with Gasteiger partial charge in [0.25, 0.3) is 0 Å². The number of rotatable bonds is 2. The molecule has 1 atom stereocenters. The first-order chi connectivity index (χ1) is 4.12. The van der Waals surface area contributed by atoms with Crippen LogP contribution in [0.2, 0.25) is 0 Å². The van der Waals surface area contributed by atoms with Gasteiger partial charge in [0.1, 0.15) is 0 Å². The van der Waals surface area contributed by atoms with Crippen LogP contribution in [0, 0.1) is 5.41 Å². The molecule has 4 heteroatoms. The monoisotopic (exact) mass is 150 g/mol. The number of ether oxygens (including phenoxy) is 1. The van der Waals surface area contributed by atoms with Crippen molar-refractivity contribution in [1.29, 1.82) is 0 Å². The first-order valence-corrected chi connectivity index (χ1v) is 4.05. The zero-order valence-electron chi connectivity index (χ0n) is 5.29. The quantitative estimate of drug-likeness (QED) is 0.574.